The van der Waals surface area contributed by atoms with Gasteiger partial charge in [0.1, 0.15) is 6.07 Å². The summed E-state index contributed by atoms with van der Waals surface area (Å²) in [4.78, 5) is 0.386. The number of sulfonamides is 1. The molecule has 0 unspecified atom stereocenters. The van der Waals surface area contributed by atoms with Crippen molar-refractivity contribution in [2.45, 2.75) is 63.3 Å². The molecule has 1 saturated carbocycles. The van der Waals surface area contributed by atoms with Crippen LogP contribution in [0.5, 0.6) is 0 Å². The smallest absolute Gasteiger partial charge is 0.243 e. The molecule has 0 radical (unpaired) electrons. The minimum absolute atomic E-state index is 0.386. The second-order valence-corrected chi connectivity index (χ2v) is 9.76. The first-order valence-corrected chi connectivity index (χ1v) is 11.6. The molecule has 4 rings (SSSR count). The van der Waals surface area contributed by atoms with E-state index in [9.17, 15) is 13.7 Å². The van der Waals surface area contributed by atoms with Gasteiger partial charge in [0.2, 0.25) is 10.0 Å². The molecule has 2 aliphatic rings. The van der Waals surface area contributed by atoms with E-state index in [1.807, 2.05) is 12.1 Å². The maximum Gasteiger partial charge on any atom is 0.243 e. The molecule has 0 atom stereocenters. The number of hydrogen-bond acceptors (Lipinski definition) is 3. The number of nitriles is 1. The van der Waals surface area contributed by atoms with Crippen molar-refractivity contribution < 1.29 is 8.42 Å². The van der Waals surface area contributed by atoms with E-state index in [2.05, 4.69) is 24.5 Å². The second-order valence-electron chi connectivity index (χ2n) is 7.85. The molecule has 1 aliphatic carbocycles. The molecular formula is C22H27N3O2S. The van der Waals surface area contributed by atoms with Gasteiger partial charge in [-0.3, -0.25) is 0 Å². The monoisotopic (exact) mass is 397 g/mol. The predicted molar refractivity (Wildman–Crippen MR) is 109 cm³/mol. The Morgan fingerprint density at radius 1 is 1.18 bits per heavy atom. The fourth-order valence-corrected chi connectivity index (χ4v) is 6.24. The summed E-state index contributed by atoms with van der Waals surface area (Å²) in [6.45, 7) is 6.19. The summed E-state index contributed by atoms with van der Waals surface area (Å²) in [5.41, 5.74) is 4.77. The van der Waals surface area contributed by atoms with E-state index in [0.717, 1.165) is 60.3 Å². The Morgan fingerprint density at radius 2 is 1.86 bits per heavy atom. The van der Waals surface area contributed by atoms with Gasteiger partial charge in [-0.1, -0.05) is 18.2 Å². The molecule has 0 amide bonds. The van der Waals surface area contributed by atoms with Crippen LogP contribution < -0.4 is 0 Å². The summed E-state index contributed by atoms with van der Waals surface area (Å²) in [6, 6.07) is 9.71. The van der Waals surface area contributed by atoms with Crippen LogP contribution in [-0.2, 0) is 23.0 Å². The lowest BCUT2D eigenvalue weighted by atomic mass is 10.00. The molecule has 1 aliphatic heterocycles. The molecule has 1 aromatic carbocycles. The molecule has 1 saturated heterocycles. The van der Waals surface area contributed by atoms with Crippen molar-refractivity contribution >= 4 is 10.0 Å². The average Bonchev–Trinajstić information content (AvgIpc) is 3.29. The molecule has 2 heterocycles. The Labute approximate surface area is 167 Å². The normalized spacial score (nSPS) is 17.8. The van der Waals surface area contributed by atoms with Crippen LogP contribution in [0, 0.1) is 18.3 Å². The summed E-state index contributed by atoms with van der Waals surface area (Å²) < 4.78 is 30.2. The van der Waals surface area contributed by atoms with Crippen molar-refractivity contribution in [3.05, 3.63) is 52.3 Å². The maximum absolute atomic E-state index is 13.2. The molecule has 2 aromatic rings. The minimum atomic E-state index is -3.49. The van der Waals surface area contributed by atoms with Gasteiger partial charge in [-0.15, -0.1) is 0 Å². The van der Waals surface area contributed by atoms with E-state index >= 15 is 0 Å². The lowest BCUT2D eigenvalue weighted by Crippen LogP contribution is -2.28. The lowest BCUT2D eigenvalue weighted by molar-refractivity contribution is 0.477. The van der Waals surface area contributed by atoms with Gasteiger partial charge in [0, 0.05) is 43.4 Å². The third-order valence-electron chi connectivity index (χ3n) is 6.11. The first kappa shape index (κ1) is 19.2. The Balaban J connectivity index is 1.79. The van der Waals surface area contributed by atoms with Gasteiger partial charge >= 0.3 is 0 Å². The first-order chi connectivity index (χ1) is 13.5. The highest BCUT2D eigenvalue weighted by Gasteiger charge is 2.34. The minimum Gasteiger partial charge on any atom is -0.347 e. The van der Waals surface area contributed by atoms with Gasteiger partial charge in [-0.2, -0.15) is 9.57 Å². The molecular weight excluding hydrogens is 370 g/mol. The zero-order valence-electron chi connectivity index (χ0n) is 16.6. The molecule has 0 N–H and O–H groups in total. The fourth-order valence-electron chi connectivity index (χ4n) is 4.50. The van der Waals surface area contributed by atoms with Crippen LogP contribution in [0.4, 0.5) is 0 Å². The molecule has 0 spiro atoms. The van der Waals surface area contributed by atoms with Crippen molar-refractivity contribution in [3.8, 4) is 6.07 Å². The fraction of sp³-hybridized carbons (Fsp3) is 0.500. The standard InChI is InChI=1S/C22H27N3O2S/c1-3-25-16(2)19(20(15-23)22(25)17-10-11-17)14-18-8-4-5-9-21(18)28(26,27)24-12-6-7-13-24/h4-5,8-9,17H,3,6-7,10-14H2,1-2H3. The lowest BCUT2D eigenvalue weighted by Gasteiger charge is -2.18. The number of rotatable bonds is 6. The molecule has 6 heteroatoms. The van der Waals surface area contributed by atoms with Crippen LogP contribution in [0.25, 0.3) is 0 Å². The number of nitrogens with zero attached hydrogens (tertiary/aromatic N) is 3. The quantitative estimate of drug-likeness (QED) is 0.741. The van der Waals surface area contributed by atoms with Crippen LogP contribution in [0.15, 0.2) is 29.2 Å². The second kappa shape index (κ2) is 7.38. The summed E-state index contributed by atoms with van der Waals surface area (Å²) in [5.74, 6) is 0.477. The topological polar surface area (TPSA) is 66.1 Å². The van der Waals surface area contributed by atoms with E-state index in [-0.39, 0.29) is 0 Å². The Hall–Kier alpha value is -2.10. The molecule has 1 aromatic heterocycles. The van der Waals surface area contributed by atoms with Crippen molar-refractivity contribution in [1.82, 2.24) is 8.87 Å². The highest BCUT2D eigenvalue weighted by molar-refractivity contribution is 7.89. The Kier molecular flexibility index (Phi) is 5.07. The molecule has 2 fully saturated rings. The Morgan fingerprint density at radius 3 is 2.46 bits per heavy atom. The van der Waals surface area contributed by atoms with Crippen LogP contribution in [0.2, 0.25) is 0 Å². The summed E-state index contributed by atoms with van der Waals surface area (Å²) in [6.07, 6.45) is 4.59. The van der Waals surface area contributed by atoms with E-state index in [1.165, 1.54) is 0 Å². The summed E-state index contributed by atoms with van der Waals surface area (Å²) >= 11 is 0. The zero-order valence-corrected chi connectivity index (χ0v) is 17.4. The van der Waals surface area contributed by atoms with Crippen LogP contribution in [-0.4, -0.2) is 30.4 Å². The van der Waals surface area contributed by atoms with E-state index in [0.29, 0.717) is 30.3 Å². The number of hydrogen-bond donors (Lipinski definition) is 0. The molecule has 5 nitrogen and oxygen atoms in total. The maximum atomic E-state index is 13.2. The summed E-state index contributed by atoms with van der Waals surface area (Å²) in [7, 11) is -3.49. The van der Waals surface area contributed by atoms with Crippen LogP contribution in [0.1, 0.15) is 66.6 Å². The van der Waals surface area contributed by atoms with Gasteiger partial charge in [-0.25, -0.2) is 8.42 Å². The molecule has 28 heavy (non-hydrogen) atoms. The van der Waals surface area contributed by atoms with Crippen molar-refractivity contribution in [1.29, 1.82) is 5.26 Å². The molecule has 0 bridgehead atoms. The van der Waals surface area contributed by atoms with E-state index in [4.69, 9.17) is 0 Å². The first-order valence-electron chi connectivity index (χ1n) is 10.2. The van der Waals surface area contributed by atoms with Crippen molar-refractivity contribution in [2.75, 3.05) is 13.1 Å². The Bertz CT molecular complexity index is 1040. The van der Waals surface area contributed by atoms with Crippen molar-refractivity contribution in [2.24, 2.45) is 0 Å². The van der Waals surface area contributed by atoms with Crippen molar-refractivity contribution in [3.63, 3.8) is 0 Å². The van der Waals surface area contributed by atoms with Gasteiger partial charge in [0.15, 0.2) is 0 Å². The third-order valence-corrected chi connectivity index (χ3v) is 8.10. The molecule has 148 valence electrons. The highest BCUT2D eigenvalue weighted by Crippen LogP contribution is 2.44. The van der Waals surface area contributed by atoms with E-state index < -0.39 is 10.0 Å². The average molecular weight is 398 g/mol. The van der Waals surface area contributed by atoms with Crippen LogP contribution in [0.3, 0.4) is 0 Å². The van der Waals surface area contributed by atoms with Gasteiger partial charge in [0.25, 0.3) is 0 Å². The third kappa shape index (κ3) is 3.17. The number of aromatic nitrogens is 1. The predicted octanol–water partition coefficient (Wildman–Crippen LogP) is 3.94. The van der Waals surface area contributed by atoms with Crippen LogP contribution >= 0.6 is 0 Å². The SMILES string of the molecule is CCn1c(C)c(Cc2ccccc2S(=O)(=O)N2CCCC2)c(C#N)c1C1CC1. The number of benzene rings is 1. The van der Waals surface area contributed by atoms with Gasteiger partial charge in [0.05, 0.1) is 10.5 Å². The van der Waals surface area contributed by atoms with E-state index in [1.54, 1.807) is 16.4 Å². The summed E-state index contributed by atoms with van der Waals surface area (Å²) in [5, 5.41) is 9.90. The van der Waals surface area contributed by atoms with Gasteiger partial charge < -0.3 is 4.57 Å². The zero-order chi connectivity index (χ0) is 19.9. The van der Waals surface area contributed by atoms with Gasteiger partial charge in [-0.05, 0) is 56.7 Å². The largest absolute Gasteiger partial charge is 0.347 e. The highest BCUT2D eigenvalue weighted by atomic mass is 32.2.